The zero-order valence-electron chi connectivity index (χ0n) is 11.8. The van der Waals surface area contributed by atoms with Crippen LogP contribution in [-0.4, -0.2) is 42.0 Å². The first-order valence-corrected chi connectivity index (χ1v) is 7.75. The molecule has 0 aromatic heterocycles. The maximum atomic E-state index is 11.4. The van der Waals surface area contributed by atoms with Gasteiger partial charge in [-0.2, -0.15) is 4.72 Å². The van der Waals surface area contributed by atoms with Crippen LogP contribution in [0.1, 0.15) is 34.1 Å². The van der Waals surface area contributed by atoms with Crippen molar-refractivity contribution in [2.24, 2.45) is 5.92 Å². The number of carbonyl (C=O) groups is 1. The average Bonchev–Trinajstić information content (AvgIpc) is 2.27. The molecule has 0 fully saturated rings. The van der Waals surface area contributed by atoms with Crippen molar-refractivity contribution in [3.05, 3.63) is 0 Å². The Hall–Kier alpha value is -0.300. The highest BCUT2D eigenvalue weighted by molar-refractivity contribution is 7.90. The number of rotatable bonds is 10. The van der Waals surface area contributed by atoms with Gasteiger partial charge in [0.15, 0.2) is 0 Å². The quantitative estimate of drug-likeness (QED) is 0.458. The van der Waals surface area contributed by atoms with Gasteiger partial charge in [0.05, 0.1) is 24.6 Å². The summed E-state index contributed by atoms with van der Waals surface area (Å²) in [7, 11) is 0. The van der Waals surface area contributed by atoms with Crippen LogP contribution in [-0.2, 0) is 20.9 Å². The van der Waals surface area contributed by atoms with Gasteiger partial charge in [0.2, 0.25) is 0 Å². The number of nitrogens with one attached hydrogen (secondary N) is 2. The fourth-order valence-corrected chi connectivity index (χ4v) is 2.04. The molecule has 0 spiro atoms. The van der Waals surface area contributed by atoms with Crippen LogP contribution in [0.25, 0.3) is 0 Å². The van der Waals surface area contributed by atoms with Crippen molar-refractivity contribution >= 4 is 17.3 Å². The predicted octanol–water partition coefficient (Wildman–Crippen LogP) is 0.827. The van der Waals surface area contributed by atoms with Gasteiger partial charge in [-0.05, 0) is 0 Å². The van der Waals surface area contributed by atoms with E-state index in [0.717, 1.165) is 6.54 Å². The predicted molar refractivity (Wildman–Crippen MR) is 74.6 cm³/mol. The molecule has 6 heteroatoms. The minimum absolute atomic E-state index is 0.132. The monoisotopic (exact) mass is 278 g/mol. The molecule has 18 heavy (non-hydrogen) atoms. The summed E-state index contributed by atoms with van der Waals surface area (Å²) >= 11 is -1.28. The Morgan fingerprint density at radius 3 is 2.50 bits per heavy atom. The van der Waals surface area contributed by atoms with E-state index in [1.165, 1.54) is 0 Å². The van der Waals surface area contributed by atoms with Crippen LogP contribution in [0.15, 0.2) is 0 Å². The van der Waals surface area contributed by atoms with E-state index in [-0.39, 0.29) is 11.8 Å². The molecule has 5 nitrogen and oxygen atoms in total. The Labute approximate surface area is 113 Å². The van der Waals surface area contributed by atoms with Gasteiger partial charge in [-0.15, -0.1) is 0 Å². The summed E-state index contributed by atoms with van der Waals surface area (Å²) in [6, 6.07) is 0.465. The Balaban J connectivity index is 3.35. The number of carbonyl (C=O) groups excluding carboxylic acids is 1. The second-order valence-corrected chi connectivity index (χ2v) is 6.05. The summed E-state index contributed by atoms with van der Waals surface area (Å²) < 4.78 is 19.3. The Morgan fingerprint density at radius 1 is 1.28 bits per heavy atom. The molecule has 1 unspecified atom stereocenters. The molecule has 108 valence electrons. The lowest BCUT2D eigenvalue weighted by Gasteiger charge is -2.12. The van der Waals surface area contributed by atoms with E-state index in [4.69, 9.17) is 4.74 Å². The topological polar surface area (TPSA) is 73.4 Å². The Morgan fingerprint density at radius 2 is 1.94 bits per heavy atom. The molecule has 1 amide bonds. The minimum atomic E-state index is -1.28. The van der Waals surface area contributed by atoms with Gasteiger partial charge in [-0.3, -0.25) is 4.79 Å². The van der Waals surface area contributed by atoms with Crippen LogP contribution in [0.5, 0.6) is 0 Å². The van der Waals surface area contributed by atoms with E-state index in [9.17, 15) is 9.35 Å². The van der Waals surface area contributed by atoms with Crippen molar-refractivity contribution in [1.82, 2.24) is 10.0 Å². The smallest absolute Gasteiger partial charge is 0.263 e. The first-order valence-electron chi connectivity index (χ1n) is 6.43. The summed E-state index contributed by atoms with van der Waals surface area (Å²) in [5.41, 5.74) is 0. The first-order chi connectivity index (χ1) is 8.43. The van der Waals surface area contributed by atoms with Crippen molar-refractivity contribution in [1.29, 1.82) is 0 Å². The van der Waals surface area contributed by atoms with Crippen LogP contribution in [0, 0.1) is 5.92 Å². The van der Waals surface area contributed by atoms with Gasteiger partial charge >= 0.3 is 0 Å². The molecule has 0 radical (unpaired) electrons. The highest BCUT2D eigenvalue weighted by Gasteiger charge is 2.14. The number of amides is 1. The standard InChI is InChI=1S/C12H26N2O3S/c1-10(2)12(15)14-18(16)9-5-7-17-8-6-13-11(3)4/h10-11,13H,5-9H2,1-4H3,(H,14,15). The van der Waals surface area contributed by atoms with E-state index < -0.39 is 11.4 Å². The van der Waals surface area contributed by atoms with Crippen molar-refractivity contribution in [2.45, 2.75) is 40.2 Å². The van der Waals surface area contributed by atoms with Crippen molar-refractivity contribution in [3.8, 4) is 0 Å². The Kier molecular flexibility index (Phi) is 10.4. The number of hydrogen-bond donors (Lipinski definition) is 2. The van der Waals surface area contributed by atoms with Crippen molar-refractivity contribution < 1.29 is 14.1 Å². The van der Waals surface area contributed by atoms with Gasteiger partial charge in [-0.1, -0.05) is 27.7 Å². The van der Waals surface area contributed by atoms with Crippen LogP contribution < -0.4 is 10.0 Å². The minimum Gasteiger partial charge on any atom is -0.593 e. The molecule has 0 aliphatic carbocycles. The summed E-state index contributed by atoms with van der Waals surface area (Å²) in [5.74, 6) is 0.137. The molecule has 0 rings (SSSR count). The van der Waals surface area contributed by atoms with Gasteiger partial charge in [0.1, 0.15) is 5.75 Å². The molecule has 0 aromatic rings. The third-order valence-corrected chi connectivity index (χ3v) is 3.24. The van der Waals surface area contributed by atoms with Crippen LogP contribution >= 0.6 is 0 Å². The summed E-state index contributed by atoms with van der Waals surface area (Å²) in [6.45, 7) is 9.77. The largest absolute Gasteiger partial charge is 0.593 e. The summed E-state index contributed by atoms with van der Waals surface area (Å²) in [4.78, 5) is 11.2. The lowest BCUT2D eigenvalue weighted by Crippen LogP contribution is -2.35. The average molecular weight is 278 g/mol. The second-order valence-electron chi connectivity index (χ2n) is 4.75. The van der Waals surface area contributed by atoms with Gasteiger partial charge in [-0.25, -0.2) is 0 Å². The molecular formula is C12H26N2O3S. The van der Waals surface area contributed by atoms with E-state index >= 15 is 0 Å². The highest BCUT2D eigenvalue weighted by Crippen LogP contribution is 1.96. The summed E-state index contributed by atoms with van der Waals surface area (Å²) in [5, 5.41) is 3.24. The molecule has 0 aliphatic rings. The van der Waals surface area contributed by atoms with Gasteiger partial charge in [0, 0.05) is 24.9 Å². The molecule has 0 aromatic carbocycles. The van der Waals surface area contributed by atoms with Crippen LogP contribution in [0.3, 0.4) is 0 Å². The molecule has 0 bridgehead atoms. The van der Waals surface area contributed by atoms with E-state index in [1.807, 2.05) is 0 Å². The molecular weight excluding hydrogens is 252 g/mol. The molecule has 0 heterocycles. The van der Waals surface area contributed by atoms with E-state index in [2.05, 4.69) is 23.9 Å². The van der Waals surface area contributed by atoms with E-state index in [1.54, 1.807) is 13.8 Å². The fourth-order valence-electron chi connectivity index (χ4n) is 1.09. The van der Waals surface area contributed by atoms with E-state index in [0.29, 0.717) is 31.4 Å². The van der Waals surface area contributed by atoms with Gasteiger partial charge < -0.3 is 14.6 Å². The first kappa shape index (κ1) is 17.7. The molecule has 2 N–H and O–H groups in total. The Bertz CT molecular complexity index is 225. The zero-order valence-corrected chi connectivity index (χ0v) is 12.6. The third-order valence-electron chi connectivity index (χ3n) is 2.16. The van der Waals surface area contributed by atoms with Crippen molar-refractivity contribution in [2.75, 3.05) is 25.5 Å². The van der Waals surface area contributed by atoms with Crippen molar-refractivity contribution in [3.63, 3.8) is 0 Å². The highest BCUT2D eigenvalue weighted by atomic mass is 32.2. The van der Waals surface area contributed by atoms with Crippen LogP contribution in [0.2, 0.25) is 0 Å². The SMILES string of the molecule is CC(C)NCCOCCC[S+]([O-])NC(=O)C(C)C. The molecule has 1 atom stereocenters. The summed E-state index contributed by atoms with van der Waals surface area (Å²) in [6.07, 6.45) is 0.687. The molecule has 0 saturated heterocycles. The maximum Gasteiger partial charge on any atom is 0.263 e. The second kappa shape index (κ2) is 10.6. The van der Waals surface area contributed by atoms with Gasteiger partial charge in [0.25, 0.3) is 5.91 Å². The fraction of sp³-hybridized carbons (Fsp3) is 0.917. The lowest BCUT2D eigenvalue weighted by atomic mass is 10.2. The normalized spacial score (nSPS) is 13.1. The van der Waals surface area contributed by atoms with Crippen LogP contribution in [0.4, 0.5) is 0 Å². The maximum absolute atomic E-state index is 11.4. The zero-order chi connectivity index (χ0) is 14.0. The molecule has 0 saturated carbocycles. The number of hydrogen-bond acceptors (Lipinski definition) is 4. The lowest BCUT2D eigenvalue weighted by molar-refractivity contribution is -0.122. The number of ether oxygens (including phenoxy) is 1. The molecule has 0 aliphatic heterocycles. The third kappa shape index (κ3) is 10.8.